The van der Waals surface area contributed by atoms with Crippen molar-refractivity contribution in [1.82, 2.24) is 9.55 Å². The number of hydrogen-bond acceptors (Lipinski definition) is 3. The predicted molar refractivity (Wildman–Crippen MR) is 105 cm³/mol. The number of aryl methyl sites for hydroxylation is 1. The fourth-order valence-electron chi connectivity index (χ4n) is 3.35. The monoisotopic (exact) mass is 346 g/mol. The number of benzene rings is 2. The molecule has 4 nitrogen and oxygen atoms in total. The van der Waals surface area contributed by atoms with E-state index in [-0.39, 0.29) is 6.61 Å². The van der Waals surface area contributed by atoms with Crippen molar-refractivity contribution < 1.29 is 9.84 Å². The van der Waals surface area contributed by atoms with Gasteiger partial charge >= 0.3 is 0 Å². The fraction of sp³-hybridized carbons (Fsp3) is 0.227. The van der Waals surface area contributed by atoms with Crippen LogP contribution in [-0.4, -0.2) is 27.4 Å². The molecule has 0 bridgehead atoms. The Kier molecular flexibility index (Phi) is 4.59. The molecule has 0 aliphatic carbocycles. The third-order valence-corrected chi connectivity index (χ3v) is 4.67. The summed E-state index contributed by atoms with van der Waals surface area (Å²) in [7, 11) is 0. The molecule has 132 valence electrons. The number of ether oxygens (including phenoxy) is 1. The van der Waals surface area contributed by atoms with Gasteiger partial charge in [-0.2, -0.15) is 0 Å². The normalized spacial score (nSPS) is 12.5. The van der Waals surface area contributed by atoms with Crippen LogP contribution in [0.5, 0.6) is 5.75 Å². The number of aliphatic hydroxyl groups excluding tert-OH is 1. The van der Waals surface area contributed by atoms with Crippen molar-refractivity contribution >= 4 is 21.9 Å². The highest BCUT2D eigenvalue weighted by Crippen LogP contribution is 2.29. The van der Waals surface area contributed by atoms with Gasteiger partial charge in [-0.3, -0.25) is 0 Å². The summed E-state index contributed by atoms with van der Waals surface area (Å²) in [6.45, 7) is 2.84. The zero-order valence-electron chi connectivity index (χ0n) is 14.8. The molecule has 0 spiro atoms. The first kappa shape index (κ1) is 16.6. The van der Waals surface area contributed by atoms with Gasteiger partial charge in [0.05, 0.1) is 12.1 Å². The molecule has 1 unspecified atom stereocenters. The molecular formula is C22H22N2O2. The first-order valence-electron chi connectivity index (χ1n) is 8.98. The Morgan fingerprint density at radius 1 is 1.04 bits per heavy atom. The molecule has 1 N–H and O–H groups in total. The maximum Gasteiger partial charge on any atom is 0.141 e. The van der Waals surface area contributed by atoms with Crippen LogP contribution in [0, 0.1) is 0 Å². The average Bonchev–Trinajstić information content (AvgIpc) is 3.00. The van der Waals surface area contributed by atoms with E-state index in [0.29, 0.717) is 6.54 Å². The lowest BCUT2D eigenvalue weighted by Gasteiger charge is -2.14. The summed E-state index contributed by atoms with van der Waals surface area (Å²) in [5.74, 6) is 0.763. The number of aromatic nitrogens is 2. The van der Waals surface area contributed by atoms with Gasteiger partial charge in [-0.1, -0.05) is 31.2 Å². The SMILES string of the molecule is CCc1ccc2c(c1)c1cccnc1n2CC(O)COc1ccccc1. The zero-order chi connectivity index (χ0) is 17.9. The van der Waals surface area contributed by atoms with Gasteiger partial charge < -0.3 is 14.4 Å². The molecule has 0 saturated heterocycles. The molecule has 2 aromatic carbocycles. The largest absolute Gasteiger partial charge is 0.491 e. The van der Waals surface area contributed by atoms with Crippen molar-refractivity contribution in [2.75, 3.05) is 6.61 Å². The standard InChI is InChI=1S/C22H22N2O2/c1-2-16-10-11-21-20(13-16)19-9-6-12-23-22(19)24(21)14-17(25)15-26-18-7-4-3-5-8-18/h3-13,17,25H,2,14-15H2,1H3. The van der Waals surface area contributed by atoms with Crippen LogP contribution in [-0.2, 0) is 13.0 Å². The van der Waals surface area contributed by atoms with E-state index in [0.717, 1.165) is 28.7 Å². The number of aliphatic hydroxyl groups is 1. The quantitative estimate of drug-likeness (QED) is 0.569. The van der Waals surface area contributed by atoms with Crippen molar-refractivity contribution in [3.05, 3.63) is 72.4 Å². The lowest BCUT2D eigenvalue weighted by Crippen LogP contribution is -2.23. The smallest absolute Gasteiger partial charge is 0.141 e. The summed E-state index contributed by atoms with van der Waals surface area (Å²) in [5.41, 5.74) is 3.29. The minimum absolute atomic E-state index is 0.241. The molecule has 0 aliphatic rings. The van der Waals surface area contributed by atoms with E-state index >= 15 is 0 Å². The van der Waals surface area contributed by atoms with Gasteiger partial charge in [0.25, 0.3) is 0 Å². The summed E-state index contributed by atoms with van der Waals surface area (Å²) < 4.78 is 7.78. The Morgan fingerprint density at radius 3 is 2.69 bits per heavy atom. The van der Waals surface area contributed by atoms with E-state index in [1.807, 2.05) is 36.4 Å². The van der Waals surface area contributed by atoms with Crippen molar-refractivity contribution in [1.29, 1.82) is 0 Å². The number of fused-ring (bicyclic) bond motifs is 3. The summed E-state index contributed by atoms with van der Waals surface area (Å²) >= 11 is 0. The van der Waals surface area contributed by atoms with E-state index in [9.17, 15) is 5.11 Å². The van der Waals surface area contributed by atoms with Crippen LogP contribution in [0.1, 0.15) is 12.5 Å². The highest BCUT2D eigenvalue weighted by atomic mass is 16.5. The molecule has 2 heterocycles. The van der Waals surface area contributed by atoms with Crippen molar-refractivity contribution in [3.63, 3.8) is 0 Å². The van der Waals surface area contributed by atoms with E-state index < -0.39 is 6.10 Å². The highest BCUT2D eigenvalue weighted by Gasteiger charge is 2.15. The van der Waals surface area contributed by atoms with Crippen LogP contribution >= 0.6 is 0 Å². The molecule has 0 saturated carbocycles. The molecule has 1 atom stereocenters. The van der Waals surface area contributed by atoms with Crippen LogP contribution in [0.4, 0.5) is 0 Å². The van der Waals surface area contributed by atoms with Gasteiger partial charge in [0.15, 0.2) is 0 Å². The summed E-state index contributed by atoms with van der Waals surface area (Å²) in [6, 6.07) is 20.1. The highest BCUT2D eigenvalue weighted by molar-refractivity contribution is 6.06. The number of rotatable bonds is 6. The molecule has 0 radical (unpaired) electrons. The Bertz CT molecular complexity index is 1020. The van der Waals surface area contributed by atoms with E-state index in [1.165, 1.54) is 10.9 Å². The third kappa shape index (κ3) is 3.16. The van der Waals surface area contributed by atoms with E-state index in [4.69, 9.17) is 4.74 Å². The molecule has 4 aromatic rings. The third-order valence-electron chi connectivity index (χ3n) is 4.67. The second kappa shape index (κ2) is 7.18. The number of para-hydroxylation sites is 1. The number of nitrogens with zero attached hydrogens (tertiary/aromatic N) is 2. The lowest BCUT2D eigenvalue weighted by molar-refractivity contribution is 0.0944. The molecule has 26 heavy (non-hydrogen) atoms. The topological polar surface area (TPSA) is 47.3 Å². The number of pyridine rings is 1. The van der Waals surface area contributed by atoms with Gasteiger partial charge in [0.2, 0.25) is 0 Å². The number of hydrogen-bond donors (Lipinski definition) is 1. The molecular weight excluding hydrogens is 324 g/mol. The summed E-state index contributed by atoms with van der Waals surface area (Å²) in [4.78, 5) is 4.56. The lowest BCUT2D eigenvalue weighted by atomic mass is 10.1. The first-order valence-corrected chi connectivity index (χ1v) is 8.98. The molecule has 0 fully saturated rings. The zero-order valence-corrected chi connectivity index (χ0v) is 14.8. The molecule has 4 heteroatoms. The Labute approximate surface area is 152 Å². The maximum atomic E-state index is 10.5. The minimum Gasteiger partial charge on any atom is -0.491 e. The van der Waals surface area contributed by atoms with E-state index in [2.05, 4.69) is 40.7 Å². The molecule has 4 rings (SSSR count). The van der Waals surface area contributed by atoms with Gasteiger partial charge in [-0.15, -0.1) is 0 Å². The van der Waals surface area contributed by atoms with Crippen LogP contribution in [0.15, 0.2) is 66.9 Å². The van der Waals surface area contributed by atoms with Gasteiger partial charge in [0.1, 0.15) is 24.1 Å². The van der Waals surface area contributed by atoms with Gasteiger partial charge in [-0.05, 0) is 48.4 Å². The Morgan fingerprint density at radius 2 is 1.88 bits per heavy atom. The first-order chi connectivity index (χ1) is 12.8. The summed E-state index contributed by atoms with van der Waals surface area (Å²) in [6.07, 6.45) is 2.17. The minimum atomic E-state index is -0.623. The second-order valence-corrected chi connectivity index (χ2v) is 6.47. The van der Waals surface area contributed by atoms with E-state index in [1.54, 1.807) is 6.20 Å². The predicted octanol–water partition coefficient (Wildman–Crippen LogP) is 4.19. The van der Waals surface area contributed by atoms with Gasteiger partial charge in [0, 0.05) is 17.0 Å². The van der Waals surface area contributed by atoms with Crippen molar-refractivity contribution in [2.45, 2.75) is 26.0 Å². The molecule has 2 aromatic heterocycles. The Hall–Kier alpha value is -2.85. The second-order valence-electron chi connectivity index (χ2n) is 6.47. The van der Waals surface area contributed by atoms with Gasteiger partial charge in [-0.25, -0.2) is 4.98 Å². The molecule has 0 aliphatic heterocycles. The van der Waals surface area contributed by atoms with Crippen molar-refractivity contribution in [3.8, 4) is 5.75 Å². The average molecular weight is 346 g/mol. The summed E-state index contributed by atoms with van der Waals surface area (Å²) in [5, 5.41) is 12.8. The van der Waals surface area contributed by atoms with Crippen LogP contribution in [0.2, 0.25) is 0 Å². The van der Waals surface area contributed by atoms with Crippen molar-refractivity contribution in [2.24, 2.45) is 0 Å². The fourth-order valence-corrected chi connectivity index (χ4v) is 3.35. The Balaban J connectivity index is 1.64. The maximum absolute atomic E-state index is 10.5. The van der Waals surface area contributed by atoms with Crippen LogP contribution < -0.4 is 4.74 Å². The van der Waals surface area contributed by atoms with Crippen LogP contribution in [0.25, 0.3) is 21.9 Å². The molecule has 0 amide bonds. The van der Waals surface area contributed by atoms with Crippen LogP contribution in [0.3, 0.4) is 0 Å².